The third-order valence-electron chi connectivity index (χ3n) is 3.26. The highest BCUT2D eigenvalue weighted by molar-refractivity contribution is 9.10. The van der Waals surface area contributed by atoms with Gasteiger partial charge in [-0.3, -0.25) is 4.99 Å². The number of nitrogens with zero attached hydrogens (tertiary/aromatic N) is 2. The van der Waals surface area contributed by atoms with E-state index < -0.39 is 12.6 Å². The van der Waals surface area contributed by atoms with Crippen LogP contribution in [0, 0.1) is 0 Å². The molecule has 0 radical (unpaired) electrons. The Morgan fingerprint density at radius 3 is 2.54 bits per heavy atom. The van der Waals surface area contributed by atoms with Gasteiger partial charge >= 0.3 is 11.9 Å². The number of oxazole rings is 1. The van der Waals surface area contributed by atoms with Crippen LogP contribution in [0.2, 0.25) is 0 Å². The van der Waals surface area contributed by atoms with Gasteiger partial charge in [0.2, 0.25) is 5.89 Å². The van der Waals surface area contributed by atoms with E-state index in [1.165, 1.54) is 6.21 Å². The van der Waals surface area contributed by atoms with Crippen molar-refractivity contribution in [1.82, 2.24) is 4.98 Å². The normalized spacial score (nSPS) is 11.0. The molecule has 1 heterocycles. The fourth-order valence-electron chi connectivity index (χ4n) is 2.03. The number of carboxylic acids is 1. The third-order valence-corrected chi connectivity index (χ3v) is 3.79. The van der Waals surface area contributed by atoms with Crippen molar-refractivity contribution in [3.05, 3.63) is 58.7 Å². The first-order chi connectivity index (χ1) is 12.5. The number of carbonyl (C=O) groups is 1. The molecule has 0 saturated heterocycles. The smallest absolute Gasteiger partial charge is 0.341 e. The van der Waals surface area contributed by atoms with Crippen LogP contribution in [0.1, 0.15) is 5.69 Å². The van der Waals surface area contributed by atoms with Crippen molar-refractivity contribution in [2.24, 2.45) is 4.99 Å². The topological polar surface area (TPSA) is 105 Å². The summed E-state index contributed by atoms with van der Waals surface area (Å²) in [5.74, 6) is -0.662. The Morgan fingerprint density at radius 2 is 1.88 bits per heavy atom. The summed E-state index contributed by atoms with van der Waals surface area (Å²) in [6, 6.07) is 13.8. The van der Waals surface area contributed by atoms with Gasteiger partial charge in [-0.1, -0.05) is 15.9 Å². The van der Waals surface area contributed by atoms with Crippen LogP contribution in [0.25, 0.3) is 11.5 Å². The third kappa shape index (κ3) is 4.48. The Hall–Kier alpha value is -3.13. The fourth-order valence-corrected chi connectivity index (χ4v) is 2.30. The van der Waals surface area contributed by atoms with Gasteiger partial charge in [-0.2, -0.15) is 0 Å². The van der Waals surface area contributed by atoms with Crippen LogP contribution in [-0.2, 0) is 4.79 Å². The van der Waals surface area contributed by atoms with Crippen molar-refractivity contribution in [3.8, 4) is 23.1 Å². The number of hydrogen-bond acceptors (Lipinski definition) is 6. The van der Waals surface area contributed by atoms with E-state index in [0.717, 1.165) is 10.0 Å². The van der Waals surface area contributed by atoms with Gasteiger partial charge < -0.3 is 19.4 Å². The zero-order valence-electron chi connectivity index (χ0n) is 13.3. The summed E-state index contributed by atoms with van der Waals surface area (Å²) in [6.45, 7) is -0.408. The highest BCUT2D eigenvalue weighted by atomic mass is 79.9. The molecule has 0 unspecified atom stereocenters. The van der Waals surface area contributed by atoms with E-state index in [0.29, 0.717) is 11.4 Å². The first-order valence-electron chi connectivity index (χ1n) is 7.46. The molecule has 3 rings (SSSR count). The molecule has 1 aromatic heterocycles. The number of aliphatic carboxylic acids is 1. The summed E-state index contributed by atoms with van der Waals surface area (Å²) >= 11 is 3.35. The van der Waals surface area contributed by atoms with Gasteiger partial charge in [0.1, 0.15) is 5.75 Å². The van der Waals surface area contributed by atoms with Gasteiger partial charge in [-0.15, -0.1) is 0 Å². The van der Waals surface area contributed by atoms with Crippen LogP contribution in [-0.4, -0.2) is 34.0 Å². The predicted molar refractivity (Wildman–Crippen MR) is 98.1 cm³/mol. The lowest BCUT2D eigenvalue weighted by Crippen LogP contribution is -2.09. The van der Waals surface area contributed by atoms with E-state index >= 15 is 0 Å². The molecule has 0 atom stereocenters. The second-order valence-electron chi connectivity index (χ2n) is 5.15. The summed E-state index contributed by atoms with van der Waals surface area (Å²) < 4.78 is 11.2. The first-order valence-corrected chi connectivity index (χ1v) is 8.25. The van der Waals surface area contributed by atoms with E-state index in [1.54, 1.807) is 24.3 Å². The quantitative estimate of drug-likeness (QED) is 0.587. The minimum Gasteiger partial charge on any atom is -0.482 e. The molecule has 0 saturated carbocycles. The van der Waals surface area contributed by atoms with Crippen molar-refractivity contribution in [2.45, 2.75) is 0 Å². The molecule has 0 spiro atoms. The molecule has 0 aliphatic heterocycles. The van der Waals surface area contributed by atoms with Crippen LogP contribution >= 0.6 is 15.9 Å². The maximum absolute atomic E-state index is 10.5. The number of aromatic hydroxyl groups is 1. The van der Waals surface area contributed by atoms with E-state index in [9.17, 15) is 9.90 Å². The molecule has 2 aromatic carbocycles. The Bertz CT molecular complexity index is 933. The molecular formula is C18H13BrN2O5. The average molecular weight is 417 g/mol. The van der Waals surface area contributed by atoms with Crippen LogP contribution < -0.4 is 4.74 Å². The van der Waals surface area contributed by atoms with Crippen molar-refractivity contribution in [2.75, 3.05) is 6.61 Å². The molecule has 26 heavy (non-hydrogen) atoms. The van der Waals surface area contributed by atoms with E-state index in [4.69, 9.17) is 14.3 Å². The monoisotopic (exact) mass is 416 g/mol. The molecule has 132 valence electrons. The van der Waals surface area contributed by atoms with E-state index in [1.807, 2.05) is 24.3 Å². The molecule has 8 heteroatoms. The zero-order chi connectivity index (χ0) is 18.5. The molecule has 0 aliphatic carbocycles. The average Bonchev–Trinajstić information content (AvgIpc) is 3.00. The lowest BCUT2D eigenvalue weighted by molar-refractivity contribution is -0.139. The summed E-state index contributed by atoms with van der Waals surface area (Å²) in [6.07, 6.45) is 1.38. The van der Waals surface area contributed by atoms with Crippen LogP contribution in [0.15, 0.2) is 62.4 Å². The van der Waals surface area contributed by atoms with Gasteiger partial charge in [-0.05, 0) is 48.5 Å². The standard InChI is InChI=1S/C18H13BrN2O5/c19-12-3-1-11(2-4-12)17-21-15(18(24)26-17)9-20-13-5-7-14(8-6-13)25-10-16(22)23/h1-9,24H,10H2,(H,22,23). The number of carboxylic acid groups (broad SMARTS) is 1. The Morgan fingerprint density at radius 1 is 1.19 bits per heavy atom. The molecule has 3 aromatic rings. The summed E-state index contributed by atoms with van der Waals surface area (Å²) in [5.41, 5.74) is 1.51. The molecule has 0 amide bonds. The molecule has 0 bridgehead atoms. The maximum Gasteiger partial charge on any atom is 0.341 e. The highest BCUT2D eigenvalue weighted by Crippen LogP contribution is 2.27. The Balaban J connectivity index is 1.72. The second kappa shape index (κ2) is 7.83. The number of hydrogen-bond donors (Lipinski definition) is 2. The van der Waals surface area contributed by atoms with Gasteiger partial charge in [-0.25, -0.2) is 9.78 Å². The molecule has 2 N–H and O–H groups in total. The maximum atomic E-state index is 10.5. The summed E-state index contributed by atoms with van der Waals surface area (Å²) in [7, 11) is 0. The van der Waals surface area contributed by atoms with Crippen molar-refractivity contribution in [3.63, 3.8) is 0 Å². The largest absolute Gasteiger partial charge is 0.482 e. The highest BCUT2D eigenvalue weighted by Gasteiger charge is 2.12. The van der Waals surface area contributed by atoms with Gasteiger partial charge in [0, 0.05) is 10.0 Å². The fraction of sp³-hybridized carbons (Fsp3) is 0.0556. The number of rotatable bonds is 6. The predicted octanol–water partition coefficient (Wildman–Crippen LogP) is 4.02. The Kier molecular flexibility index (Phi) is 5.33. The number of aliphatic imine (C=N–C) groups is 1. The second-order valence-corrected chi connectivity index (χ2v) is 6.07. The van der Waals surface area contributed by atoms with E-state index in [-0.39, 0.29) is 17.5 Å². The van der Waals surface area contributed by atoms with Gasteiger partial charge in [0.15, 0.2) is 12.3 Å². The minimum atomic E-state index is -1.05. The van der Waals surface area contributed by atoms with Crippen molar-refractivity contribution < 1.29 is 24.2 Å². The lowest BCUT2D eigenvalue weighted by Gasteiger charge is -2.02. The molecule has 0 aliphatic rings. The summed E-state index contributed by atoms with van der Waals surface area (Å²) in [4.78, 5) is 18.9. The van der Waals surface area contributed by atoms with Crippen LogP contribution in [0.5, 0.6) is 11.7 Å². The van der Waals surface area contributed by atoms with Crippen molar-refractivity contribution in [1.29, 1.82) is 0 Å². The molecule has 0 fully saturated rings. The molecule has 7 nitrogen and oxygen atoms in total. The number of benzene rings is 2. The number of halogens is 1. The SMILES string of the molecule is O=C(O)COc1ccc(N=Cc2nc(-c3ccc(Br)cc3)oc2O)cc1. The summed E-state index contributed by atoms with van der Waals surface area (Å²) in [5, 5.41) is 18.5. The van der Waals surface area contributed by atoms with Crippen molar-refractivity contribution >= 4 is 33.8 Å². The lowest BCUT2D eigenvalue weighted by atomic mass is 10.2. The zero-order valence-corrected chi connectivity index (χ0v) is 14.9. The Labute approximate surface area is 156 Å². The minimum absolute atomic E-state index is 0.203. The van der Waals surface area contributed by atoms with Gasteiger partial charge in [0.25, 0.3) is 0 Å². The molecular weight excluding hydrogens is 404 g/mol. The van der Waals surface area contributed by atoms with Crippen LogP contribution in [0.4, 0.5) is 5.69 Å². The number of ether oxygens (including phenoxy) is 1. The first kappa shape index (κ1) is 17.7. The van der Waals surface area contributed by atoms with E-state index in [2.05, 4.69) is 25.9 Å². The number of aromatic nitrogens is 1. The van der Waals surface area contributed by atoms with Crippen LogP contribution in [0.3, 0.4) is 0 Å². The van der Waals surface area contributed by atoms with Gasteiger partial charge in [0.05, 0.1) is 11.9 Å².